The van der Waals surface area contributed by atoms with Gasteiger partial charge in [-0.1, -0.05) is 67.8 Å². The van der Waals surface area contributed by atoms with Crippen LogP contribution in [0.1, 0.15) is 53.6 Å². The smallest absolute Gasteiger partial charge is 0.338 e. The second-order valence-electron chi connectivity index (χ2n) is 7.51. The Labute approximate surface area is 171 Å². The number of hydrogen-bond donors (Lipinski definition) is 0. The number of esters is 1. The van der Waals surface area contributed by atoms with E-state index < -0.39 is 5.97 Å². The van der Waals surface area contributed by atoms with Gasteiger partial charge in [0.1, 0.15) is 0 Å². The maximum absolute atomic E-state index is 13.5. The van der Waals surface area contributed by atoms with Crippen LogP contribution in [-0.2, 0) is 9.53 Å². The monoisotopic (exact) mass is 387 g/mol. The second-order valence-corrected chi connectivity index (χ2v) is 7.51. The average molecular weight is 387 g/mol. The number of carbonyl (C=O) groups excluding carboxylic acids is 2. The second kappa shape index (κ2) is 8.48. The zero-order chi connectivity index (χ0) is 20.2. The number of benzene rings is 2. The van der Waals surface area contributed by atoms with Gasteiger partial charge >= 0.3 is 5.97 Å². The van der Waals surface area contributed by atoms with Gasteiger partial charge in [0.25, 0.3) is 5.91 Å². The maximum Gasteiger partial charge on any atom is 0.338 e. The van der Waals surface area contributed by atoms with E-state index in [-0.39, 0.29) is 11.9 Å². The summed E-state index contributed by atoms with van der Waals surface area (Å²) in [6.07, 6.45) is 8.96. The molecule has 0 N–H and O–H groups in total. The highest BCUT2D eigenvalue weighted by Crippen LogP contribution is 2.34. The van der Waals surface area contributed by atoms with Crippen molar-refractivity contribution < 1.29 is 14.3 Å². The molecular weight excluding hydrogens is 362 g/mol. The predicted molar refractivity (Wildman–Crippen MR) is 113 cm³/mol. The summed E-state index contributed by atoms with van der Waals surface area (Å²) in [5.74, 6) is -0.422. The van der Waals surface area contributed by atoms with Crippen molar-refractivity contribution in [3.8, 4) is 0 Å². The lowest BCUT2D eigenvalue weighted by molar-refractivity contribution is -0.135. The molecule has 148 valence electrons. The quantitative estimate of drug-likeness (QED) is 0.699. The number of fused-ring (bicyclic) bond motifs is 1. The van der Waals surface area contributed by atoms with Gasteiger partial charge < -0.3 is 9.64 Å². The molecule has 0 bridgehead atoms. The minimum Gasteiger partial charge on any atom is -0.465 e. The summed E-state index contributed by atoms with van der Waals surface area (Å²) in [7, 11) is 1.39. The Morgan fingerprint density at radius 1 is 0.931 bits per heavy atom. The van der Waals surface area contributed by atoms with Crippen LogP contribution >= 0.6 is 0 Å². The van der Waals surface area contributed by atoms with E-state index in [1.807, 2.05) is 59.5 Å². The fourth-order valence-electron chi connectivity index (χ4n) is 4.32. The third kappa shape index (κ3) is 3.75. The molecule has 4 rings (SSSR count). The van der Waals surface area contributed by atoms with E-state index in [0.717, 1.165) is 42.4 Å². The van der Waals surface area contributed by atoms with Gasteiger partial charge in [-0.05, 0) is 36.1 Å². The fraction of sp³-hybridized carbons (Fsp3) is 0.280. The van der Waals surface area contributed by atoms with Crippen molar-refractivity contribution >= 4 is 17.4 Å². The Bertz CT molecular complexity index is 969. The summed E-state index contributed by atoms with van der Waals surface area (Å²) < 4.78 is 5.11. The van der Waals surface area contributed by atoms with Gasteiger partial charge in [-0.3, -0.25) is 4.79 Å². The SMILES string of the molecule is COC(=O)C1=C(\c2ccccc2)c2ccccc2C(=O)N(C2CCCCC2)/C=C\1. The van der Waals surface area contributed by atoms with Gasteiger partial charge in [0.05, 0.1) is 12.7 Å². The normalized spacial score (nSPS) is 21.1. The molecule has 0 radical (unpaired) electrons. The van der Waals surface area contributed by atoms with Crippen molar-refractivity contribution in [1.29, 1.82) is 0 Å². The molecule has 2 aliphatic rings. The first kappa shape index (κ1) is 19.2. The molecule has 0 unspecified atom stereocenters. The Morgan fingerprint density at radius 3 is 2.28 bits per heavy atom. The highest BCUT2D eigenvalue weighted by atomic mass is 16.5. The van der Waals surface area contributed by atoms with Crippen molar-refractivity contribution in [2.75, 3.05) is 7.11 Å². The van der Waals surface area contributed by atoms with E-state index in [4.69, 9.17) is 4.74 Å². The van der Waals surface area contributed by atoms with Crippen LogP contribution in [0.4, 0.5) is 0 Å². The van der Waals surface area contributed by atoms with Crippen LogP contribution < -0.4 is 0 Å². The fourth-order valence-corrected chi connectivity index (χ4v) is 4.32. The molecule has 0 spiro atoms. The van der Waals surface area contributed by atoms with E-state index in [1.54, 1.807) is 12.3 Å². The lowest BCUT2D eigenvalue weighted by Gasteiger charge is -2.33. The molecule has 1 aliphatic carbocycles. The highest BCUT2D eigenvalue weighted by Gasteiger charge is 2.30. The molecule has 2 aromatic carbocycles. The molecule has 0 saturated heterocycles. The average Bonchev–Trinajstić information content (AvgIpc) is 2.78. The van der Waals surface area contributed by atoms with Crippen molar-refractivity contribution in [3.63, 3.8) is 0 Å². The first-order valence-electron chi connectivity index (χ1n) is 10.2. The van der Waals surface area contributed by atoms with Crippen LogP contribution in [-0.4, -0.2) is 29.9 Å². The zero-order valence-electron chi connectivity index (χ0n) is 16.6. The molecule has 1 heterocycles. The van der Waals surface area contributed by atoms with Crippen LogP contribution in [0.3, 0.4) is 0 Å². The molecule has 4 heteroatoms. The molecule has 0 atom stereocenters. The number of methoxy groups -OCH3 is 1. The minimum absolute atomic E-state index is 0.0129. The summed E-state index contributed by atoms with van der Waals surface area (Å²) in [5.41, 5.74) is 3.43. The van der Waals surface area contributed by atoms with Crippen molar-refractivity contribution in [2.45, 2.75) is 38.1 Å². The minimum atomic E-state index is -0.409. The molecule has 1 aliphatic heterocycles. The van der Waals surface area contributed by atoms with E-state index in [0.29, 0.717) is 11.1 Å². The standard InChI is InChI=1S/C25H25NO3/c1-29-25(28)22-16-17-26(19-12-6-3-7-13-19)24(27)21-15-9-8-14-20(21)23(22)18-10-4-2-5-11-18/h2,4-5,8-11,14-17,19H,3,6-7,12-13H2,1H3/b17-16-,23-22+. The number of rotatable bonds is 3. The molecule has 1 fully saturated rings. The molecule has 29 heavy (non-hydrogen) atoms. The highest BCUT2D eigenvalue weighted by molar-refractivity contribution is 6.09. The Balaban J connectivity index is 1.95. The summed E-state index contributed by atoms with van der Waals surface area (Å²) in [4.78, 5) is 28.1. The van der Waals surface area contributed by atoms with Gasteiger partial charge in [-0.15, -0.1) is 0 Å². The summed E-state index contributed by atoms with van der Waals surface area (Å²) >= 11 is 0. The van der Waals surface area contributed by atoms with Crippen molar-refractivity contribution in [2.24, 2.45) is 0 Å². The van der Waals surface area contributed by atoms with Crippen LogP contribution in [0.15, 0.2) is 72.4 Å². The molecule has 0 aromatic heterocycles. The van der Waals surface area contributed by atoms with E-state index in [2.05, 4.69) is 0 Å². The van der Waals surface area contributed by atoms with E-state index >= 15 is 0 Å². The first-order valence-corrected chi connectivity index (χ1v) is 10.2. The van der Waals surface area contributed by atoms with Gasteiger partial charge in [-0.25, -0.2) is 4.79 Å². The Hall–Kier alpha value is -3.14. The molecule has 1 amide bonds. The third-order valence-electron chi connectivity index (χ3n) is 5.77. The van der Waals surface area contributed by atoms with Crippen LogP contribution in [0.5, 0.6) is 0 Å². The molecule has 2 aromatic rings. The summed E-state index contributed by atoms with van der Waals surface area (Å²) in [5, 5.41) is 0. The van der Waals surface area contributed by atoms with Gasteiger partial charge in [0.15, 0.2) is 0 Å². The number of nitrogens with zero attached hydrogens (tertiary/aromatic N) is 1. The van der Waals surface area contributed by atoms with E-state index in [1.165, 1.54) is 13.5 Å². The number of ether oxygens (including phenoxy) is 1. The first-order chi connectivity index (χ1) is 14.2. The Kier molecular flexibility index (Phi) is 5.61. The molecule has 1 saturated carbocycles. The van der Waals surface area contributed by atoms with Gasteiger partial charge in [0.2, 0.25) is 0 Å². The number of amides is 1. The molecule has 4 nitrogen and oxygen atoms in total. The van der Waals surface area contributed by atoms with Gasteiger partial charge in [-0.2, -0.15) is 0 Å². The van der Waals surface area contributed by atoms with Crippen molar-refractivity contribution in [3.05, 3.63) is 89.1 Å². The van der Waals surface area contributed by atoms with Crippen LogP contribution in [0, 0.1) is 0 Å². The zero-order valence-corrected chi connectivity index (χ0v) is 16.6. The predicted octanol–water partition coefficient (Wildman–Crippen LogP) is 4.96. The summed E-state index contributed by atoms with van der Waals surface area (Å²) in [6, 6.07) is 17.4. The molecular formula is C25H25NO3. The van der Waals surface area contributed by atoms with Gasteiger partial charge in [0, 0.05) is 23.4 Å². The van der Waals surface area contributed by atoms with Crippen molar-refractivity contribution in [1.82, 2.24) is 4.90 Å². The maximum atomic E-state index is 13.5. The lowest BCUT2D eigenvalue weighted by atomic mass is 9.87. The van der Waals surface area contributed by atoms with Crippen LogP contribution in [0.25, 0.3) is 5.57 Å². The summed E-state index contributed by atoms with van der Waals surface area (Å²) in [6.45, 7) is 0. The van der Waals surface area contributed by atoms with Crippen LogP contribution in [0.2, 0.25) is 0 Å². The topological polar surface area (TPSA) is 46.6 Å². The Morgan fingerprint density at radius 2 is 1.59 bits per heavy atom. The largest absolute Gasteiger partial charge is 0.465 e. The van der Waals surface area contributed by atoms with E-state index in [9.17, 15) is 9.59 Å². The lowest BCUT2D eigenvalue weighted by Crippen LogP contribution is -2.38. The number of hydrogen-bond acceptors (Lipinski definition) is 3. The number of carbonyl (C=O) groups is 2. The third-order valence-corrected chi connectivity index (χ3v) is 5.77.